The van der Waals surface area contributed by atoms with Gasteiger partial charge in [0.15, 0.2) is 5.13 Å². The molecule has 0 saturated heterocycles. The highest BCUT2D eigenvalue weighted by Gasteiger charge is 2.09. The molecular weight excluding hydrogens is 290 g/mol. The summed E-state index contributed by atoms with van der Waals surface area (Å²) in [6.45, 7) is 1.90. The van der Waals surface area contributed by atoms with E-state index in [0.717, 1.165) is 17.3 Å². The summed E-state index contributed by atoms with van der Waals surface area (Å²) in [4.78, 5) is 31.2. The first-order valence-electron chi connectivity index (χ1n) is 6.12. The molecule has 108 valence electrons. The highest BCUT2D eigenvalue weighted by atomic mass is 32.1. The van der Waals surface area contributed by atoms with Gasteiger partial charge in [-0.2, -0.15) is 0 Å². The van der Waals surface area contributed by atoms with Crippen LogP contribution < -0.4 is 5.32 Å². The summed E-state index contributed by atoms with van der Waals surface area (Å²) < 4.78 is 0. The lowest BCUT2D eigenvalue weighted by atomic mass is 10.1. The van der Waals surface area contributed by atoms with E-state index in [9.17, 15) is 9.59 Å². The Morgan fingerprint density at radius 1 is 1.43 bits per heavy atom. The number of nitrogens with one attached hydrogen (secondary N) is 1. The lowest BCUT2D eigenvalue weighted by Crippen LogP contribution is -2.15. The summed E-state index contributed by atoms with van der Waals surface area (Å²) in [5, 5.41) is 11.6. The SMILES string of the molecule is Cc1cccnc1CC(=O)Nc1ncc(/C=C/C(=O)O)s1. The van der Waals surface area contributed by atoms with Crippen molar-refractivity contribution in [3.8, 4) is 0 Å². The van der Waals surface area contributed by atoms with Crippen LogP contribution in [0.15, 0.2) is 30.6 Å². The number of thiazole rings is 1. The Bertz CT molecular complexity index is 694. The van der Waals surface area contributed by atoms with E-state index in [1.165, 1.54) is 23.6 Å². The van der Waals surface area contributed by atoms with Crippen molar-refractivity contribution in [2.75, 3.05) is 5.32 Å². The Balaban J connectivity index is 1.97. The number of carbonyl (C=O) groups excluding carboxylic acids is 1. The molecule has 7 heteroatoms. The second-order valence-electron chi connectivity index (χ2n) is 4.23. The zero-order valence-corrected chi connectivity index (χ0v) is 12.1. The lowest BCUT2D eigenvalue weighted by molar-refractivity contribution is -0.131. The van der Waals surface area contributed by atoms with Crippen LogP contribution in [0.1, 0.15) is 16.1 Å². The average Bonchev–Trinajstić information content (AvgIpc) is 2.86. The van der Waals surface area contributed by atoms with Gasteiger partial charge in [-0.1, -0.05) is 17.4 Å². The number of hydrogen-bond acceptors (Lipinski definition) is 5. The van der Waals surface area contributed by atoms with E-state index < -0.39 is 5.97 Å². The Labute approximate surface area is 125 Å². The first-order valence-corrected chi connectivity index (χ1v) is 6.93. The van der Waals surface area contributed by atoms with Crippen LogP contribution in [0.3, 0.4) is 0 Å². The number of aliphatic carboxylic acids is 1. The van der Waals surface area contributed by atoms with Crippen molar-refractivity contribution in [2.24, 2.45) is 0 Å². The van der Waals surface area contributed by atoms with Crippen LogP contribution in [0.2, 0.25) is 0 Å². The van der Waals surface area contributed by atoms with Gasteiger partial charge in [0.05, 0.1) is 12.1 Å². The second-order valence-corrected chi connectivity index (χ2v) is 5.29. The third-order valence-electron chi connectivity index (χ3n) is 2.61. The molecule has 0 aliphatic heterocycles. The molecule has 0 radical (unpaired) electrons. The first kappa shape index (κ1) is 14.9. The molecule has 0 saturated carbocycles. The largest absolute Gasteiger partial charge is 0.478 e. The quantitative estimate of drug-likeness (QED) is 0.825. The predicted molar refractivity (Wildman–Crippen MR) is 80.1 cm³/mol. The van der Waals surface area contributed by atoms with Crippen LogP contribution in [-0.4, -0.2) is 27.0 Å². The highest BCUT2D eigenvalue weighted by molar-refractivity contribution is 7.16. The maximum atomic E-state index is 11.9. The van der Waals surface area contributed by atoms with Crippen molar-refractivity contribution in [3.63, 3.8) is 0 Å². The standard InChI is InChI=1S/C14H13N3O3S/c1-9-3-2-6-15-11(9)7-12(18)17-14-16-8-10(21-14)4-5-13(19)20/h2-6,8H,7H2,1H3,(H,19,20)(H,16,17,18)/b5-4+. The van der Waals surface area contributed by atoms with Gasteiger partial charge < -0.3 is 10.4 Å². The summed E-state index contributed by atoms with van der Waals surface area (Å²) in [7, 11) is 0. The molecule has 0 aliphatic rings. The van der Waals surface area contributed by atoms with Crippen molar-refractivity contribution in [3.05, 3.63) is 46.7 Å². The Hall–Kier alpha value is -2.54. The molecule has 0 aromatic carbocycles. The van der Waals surface area contributed by atoms with Crippen molar-refractivity contribution >= 4 is 34.4 Å². The number of amides is 1. The molecule has 2 aromatic heterocycles. The molecule has 0 aliphatic carbocycles. The van der Waals surface area contributed by atoms with Gasteiger partial charge in [0.2, 0.25) is 5.91 Å². The van der Waals surface area contributed by atoms with E-state index >= 15 is 0 Å². The molecule has 2 rings (SSSR count). The average molecular weight is 303 g/mol. The normalized spacial score (nSPS) is 10.7. The van der Waals surface area contributed by atoms with Gasteiger partial charge >= 0.3 is 5.97 Å². The summed E-state index contributed by atoms with van der Waals surface area (Å²) in [6, 6.07) is 3.71. The maximum Gasteiger partial charge on any atom is 0.328 e. The van der Waals surface area contributed by atoms with Crippen LogP contribution in [0.5, 0.6) is 0 Å². The number of hydrogen-bond donors (Lipinski definition) is 2. The minimum Gasteiger partial charge on any atom is -0.478 e. The molecule has 0 fully saturated rings. The molecule has 2 N–H and O–H groups in total. The molecule has 0 spiro atoms. The van der Waals surface area contributed by atoms with Crippen molar-refractivity contribution < 1.29 is 14.7 Å². The van der Waals surface area contributed by atoms with Gasteiger partial charge in [-0.3, -0.25) is 9.78 Å². The van der Waals surface area contributed by atoms with Gasteiger partial charge in [-0.15, -0.1) is 0 Å². The smallest absolute Gasteiger partial charge is 0.328 e. The molecule has 2 aromatic rings. The summed E-state index contributed by atoms with van der Waals surface area (Å²) in [5.74, 6) is -1.24. The number of rotatable bonds is 5. The minimum absolute atomic E-state index is 0.173. The third-order valence-corrected chi connectivity index (χ3v) is 3.48. The van der Waals surface area contributed by atoms with Crippen molar-refractivity contribution in [1.82, 2.24) is 9.97 Å². The molecule has 0 bridgehead atoms. The van der Waals surface area contributed by atoms with Gasteiger partial charge in [0.1, 0.15) is 0 Å². The fourth-order valence-corrected chi connectivity index (χ4v) is 2.33. The lowest BCUT2D eigenvalue weighted by Gasteiger charge is -2.03. The highest BCUT2D eigenvalue weighted by Crippen LogP contribution is 2.19. The summed E-state index contributed by atoms with van der Waals surface area (Å²) in [6.07, 6.45) is 5.78. The summed E-state index contributed by atoms with van der Waals surface area (Å²) in [5.41, 5.74) is 1.68. The number of aryl methyl sites for hydroxylation is 1. The minimum atomic E-state index is -1.03. The Morgan fingerprint density at radius 2 is 2.24 bits per heavy atom. The fraction of sp³-hybridized carbons (Fsp3) is 0.143. The van der Waals surface area contributed by atoms with Crippen LogP contribution in [0, 0.1) is 6.92 Å². The van der Waals surface area contributed by atoms with Crippen LogP contribution in [0.25, 0.3) is 6.08 Å². The Morgan fingerprint density at radius 3 is 2.95 bits per heavy atom. The van der Waals surface area contributed by atoms with E-state index in [1.807, 2.05) is 19.1 Å². The predicted octanol–water partition coefficient (Wildman–Crippen LogP) is 2.13. The Kier molecular flexibility index (Phi) is 4.78. The van der Waals surface area contributed by atoms with Gasteiger partial charge in [0, 0.05) is 23.3 Å². The fourth-order valence-electron chi connectivity index (χ4n) is 1.59. The summed E-state index contributed by atoms with van der Waals surface area (Å²) >= 11 is 1.20. The van der Waals surface area contributed by atoms with Crippen molar-refractivity contribution in [1.29, 1.82) is 0 Å². The molecule has 0 unspecified atom stereocenters. The number of anilines is 1. The third kappa shape index (κ3) is 4.50. The van der Waals surface area contributed by atoms with E-state index in [1.54, 1.807) is 6.20 Å². The van der Waals surface area contributed by atoms with E-state index in [0.29, 0.717) is 10.0 Å². The number of carboxylic acids is 1. The zero-order valence-electron chi connectivity index (χ0n) is 11.2. The zero-order chi connectivity index (χ0) is 15.2. The first-order chi connectivity index (χ1) is 10.0. The molecule has 6 nitrogen and oxygen atoms in total. The van der Waals surface area contributed by atoms with Crippen LogP contribution in [-0.2, 0) is 16.0 Å². The van der Waals surface area contributed by atoms with Crippen LogP contribution in [0.4, 0.5) is 5.13 Å². The van der Waals surface area contributed by atoms with E-state index in [4.69, 9.17) is 5.11 Å². The molecular formula is C14H13N3O3S. The molecule has 2 heterocycles. The van der Waals surface area contributed by atoms with Crippen molar-refractivity contribution in [2.45, 2.75) is 13.3 Å². The number of aromatic nitrogens is 2. The maximum absolute atomic E-state index is 11.9. The number of nitrogens with zero attached hydrogens (tertiary/aromatic N) is 2. The van der Waals surface area contributed by atoms with Crippen LogP contribution >= 0.6 is 11.3 Å². The van der Waals surface area contributed by atoms with Gasteiger partial charge in [0.25, 0.3) is 0 Å². The number of pyridine rings is 1. The molecule has 21 heavy (non-hydrogen) atoms. The molecule has 1 amide bonds. The number of carboxylic acid groups (broad SMARTS) is 1. The molecule has 0 atom stereocenters. The van der Waals surface area contributed by atoms with E-state index in [2.05, 4.69) is 15.3 Å². The van der Waals surface area contributed by atoms with Gasteiger partial charge in [-0.05, 0) is 24.6 Å². The van der Waals surface area contributed by atoms with Gasteiger partial charge in [-0.25, -0.2) is 9.78 Å². The van der Waals surface area contributed by atoms with E-state index in [-0.39, 0.29) is 12.3 Å². The monoisotopic (exact) mass is 303 g/mol. The number of carbonyl (C=O) groups is 2. The topological polar surface area (TPSA) is 92.2 Å². The second kappa shape index (κ2) is 6.76.